The molecule has 3 rings (SSSR count). The summed E-state index contributed by atoms with van der Waals surface area (Å²) in [6.07, 6.45) is 5.63. The highest BCUT2D eigenvalue weighted by molar-refractivity contribution is 5.75. The second-order valence-corrected chi connectivity index (χ2v) is 6.72. The van der Waals surface area contributed by atoms with Crippen LogP contribution in [0.1, 0.15) is 43.0 Å². The summed E-state index contributed by atoms with van der Waals surface area (Å²) in [5, 5.41) is 10.3. The van der Waals surface area contributed by atoms with Crippen LogP contribution in [0.25, 0.3) is 0 Å². The lowest BCUT2D eigenvalue weighted by Gasteiger charge is -2.23. The summed E-state index contributed by atoms with van der Waals surface area (Å²) >= 11 is 0. The molecule has 1 aromatic heterocycles. The van der Waals surface area contributed by atoms with Gasteiger partial charge in [-0.2, -0.15) is 5.10 Å². The van der Waals surface area contributed by atoms with Crippen molar-refractivity contribution in [2.24, 2.45) is 13.0 Å². The van der Waals surface area contributed by atoms with E-state index in [2.05, 4.69) is 27.9 Å². The Kier molecular flexibility index (Phi) is 5.71. The second-order valence-electron chi connectivity index (χ2n) is 6.72. The first kappa shape index (κ1) is 17.5. The Balaban J connectivity index is 1.63. The molecule has 0 spiro atoms. The summed E-state index contributed by atoms with van der Waals surface area (Å²) in [7, 11) is 1.87. The predicted octanol–water partition coefficient (Wildman–Crippen LogP) is 2.95. The molecule has 1 saturated heterocycles. The lowest BCUT2D eigenvalue weighted by molar-refractivity contribution is 0.181. The van der Waals surface area contributed by atoms with Crippen molar-refractivity contribution in [1.82, 2.24) is 20.4 Å². The fourth-order valence-electron chi connectivity index (χ4n) is 3.21. The maximum absolute atomic E-state index is 12.5. The average molecular weight is 342 g/mol. The number of hydrogen-bond acceptors (Lipinski definition) is 3. The minimum atomic E-state index is -0.163. The van der Waals surface area contributed by atoms with Gasteiger partial charge in [-0.25, -0.2) is 4.79 Å². The summed E-state index contributed by atoms with van der Waals surface area (Å²) in [6.45, 7) is 3.55. The Morgan fingerprint density at radius 1 is 1.32 bits per heavy atom. The van der Waals surface area contributed by atoms with Crippen molar-refractivity contribution in [2.45, 2.75) is 31.8 Å². The smallest absolute Gasteiger partial charge is 0.315 e. The molecule has 6 nitrogen and oxygen atoms in total. The molecule has 2 heterocycles. The molecule has 1 aliphatic heterocycles. The maximum Gasteiger partial charge on any atom is 0.315 e. The van der Waals surface area contributed by atoms with Crippen LogP contribution in [0.5, 0.6) is 0 Å². The Morgan fingerprint density at radius 3 is 2.76 bits per heavy atom. The lowest BCUT2D eigenvalue weighted by atomic mass is 9.94. The van der Waals surface area contributed by atoms with E-state index in [9.17, 15) is 4.79 Å². The normalized spacial score (nSPS) is 19.4. The van der Waals surface area contributed by atoms with Crippen LogP contribution in [0.3, 0.4) is 0 Å². The number of aryl methyl sites for hydroxylation is 1. The van der Waals surface area contributed by atoms with Gasteiger partial charge in [0.2, 0.25) is 0 Å². The van der Waals surface area contributed by atoms with Crippen molar-refractivity contribution in [3.63, 3.8) is 0 Å². The fraction of sp³-hybridized carbons (Fsp3) is 0.474. The van der Waals surface area contributed by atoms with Crippen molar-refractivity contribution in [2.75, 3.05) is 13.2 Å². The van der Waals surface area contributed by atoms with Gasteiger partial charge in [0.1, 0.15) is 0 Å². The maximum atomic E-state index is 12.5. The summed E-state index contributed by atoms with van der Waals surface area (Å²) in [5.74, 6) is 0.487. The predicted molar refractivity (Wildman–Crippen MR) is 96.0 cm³/mol. The van der Waals surface area contributed by atoms with Crippen LogP contribution >= 0.6 is 0 Å². The van der Waals surface area contributed by atoms with E-state index in [0.29, 0.717) is 5.92 Å². The highest BCUT2D eigenvalue weighted by Gasteiger charge is 2.23. The number of nitrogens with zero attached hydrogens (tertiary/aromatic N) is 2. The molecule has 1 aromatic carbocycles. The molecule has 2 N–H and O–H groups in total. The average Bonchev–Trinajstić information content (AvgIpc) is 3.26. The number of nitrogens with one attached hydrogen (secondary N) is 2. The van der Waals surface area contributed by atoms with Crippen LogP contribution < -0.4 is 10.6 Å². The van der Waals surface area contributed by atoms with E-state index in [4.69, 9.17) is 4.74 Å². The van der Waals surface area contributed by atoms with Gasteiger partial charge in [-0.05, 0) is 31.2 Å². The second kappa shape index (κ2) is 8.16. The van der Waals surface area contributed by atoms with Crippen molar-refractivity contribution < 1.29 is 9.53 Å². The molecule has 1 fully saturated rings. The third kappa shape index (κ3) is 4.82. The summed E-state index contributed by atoms with van der Waals surface area (Å²) in [6, 6.07) is 9.84. The van der Waals surface area contributed by atoms with Crippen LogP contribution in [0.2, 0.25) is 0 Å². The summed E-state index contributed by atoms with van der Waals surface area (Å²) in [4.78, 5) is 12.5. The van der Waals surface area contributed by atoms with E-state index in [1.54, 1.807) is 10.9 Å². The molecule has 2 aromatic rings. The summed E-state index contributed by atoms with van der Waals surface area (Å²) in [5.41, 5.74) is 2.11. The Morgan fingerprint density at radius 2 is 2.12 bits per heavy atom. The third-order valence-electron chi connectivity index (χ3n) is 4.67. The van der Waals surface area contributed by atoms with Crippen molar-refractivity contribution in [3.8, 4) is 0 Å². The SMILES string of the molecule is C[C@H](NC(=O)N[C@H](C[C@@H]1CCOC1)c1ccccc1)c1cnn(C)c1. The van der Waals surface area contributed by atoms with E-state index >= 15 is 0 Å². The molecule has 6 heteroatoms. The van der Waals surface area contributed by atoms with Gasteiger partial charge in [0.15, 0.2) is 0 Å². The van der Waals surface area contributed by atoms with Gasteiger partial charge in [0, 0.05) is 32.0 Å². The third-order valence-corrected chi connectivity index (χ3v) is 4.67. The van der Waals surface area contributed by atoms with E-state index < -0.39 is 0 Å². The number of carbonyl (C=O) groups is 1. The van der Waals surface area contributed by atoms with Gasteiger partial charge in [-0.1, -0.05) is 30.3 Å². The molecule has 0 unspecified atom stereocenters. The zero-order chi connectivity index (χ0) is 17.6. The van der Waals surface area contributed by atoms with Gasteiger partial charge in [0.25, 0.3) is 0 Å². The van der Waals surface area contributed by atoms with E-state index in [1.807, 2.05) is 38.4 Å². The van der Waals surface area contributed by atoms with E-state index in [0.717, 1.165) is 37.2 Å². The first-order valence-corrected chi connectivity index (χ1v) is 8.80. The number of carbonyl (C=O) groups excluding carboxylic acids is 1. The van der Waals surface area contributed by atoms with Crippen LogP contribution in [-0.4, -0.2) is 29.0 Å². The molecule has 25 heavy (non-hydrogen) atoms. The van der Waals surface area contributed by atoms with Crippen molar-refractivity contribution >= 4 is 6.03 Å². The van der Waals surface area contributed by atoms with Gasteiger partial charge >= 0.3 is 6.03 Å². The monoisotopic (exact) mass is 342 g/mol. The number of benzene rings is 1. The van der Waals surface area contributed by atoms with Crippen LogP contribution in [0.4, 0.5) is 4.79 Å². The molecule has 0 aliphatic carbocycles. The minimum absolute atomic E-state index is 0.0194. The van der Waals surface area contributed by atoms with E-state index in [-0.39, 0.29) is 18.1 Å². The van der Waals surface area contributed by atoms with Crippen LogP contribution in [0.15, 0.2) is 42.7 Å². The zero-order valence-corrected chi connectivity index (χ0v) is 14.8. The quantitative estimate of drug-likeness (QED) is 0.848. The molecule has 0 radical (unpaired) electrons. The highest BCUT2D eigenvalue weighted by Crippen LogP contribution is 2.26. The number of ether oxygens (including phenoxy) is 1. The fourth-order valence-corrected chi connectivity index (χ4v) is 3.21. The molecule has 0 bridgehead atoms. The van der Waals surface area contributed by atoms with E-state index in [1.165, 1.54) is 0 Å². The Hall–Kier alpha value is -2.34. The van der Waals surface area contributed by atoms with Gasteiger partial charge in [-0.3, -0.25) is 4.68 Å². The van der Waals surface area contributed by atoms with Crippen molar-refractivity contribution in [3.05, 3.63) is 53.9 Å². The zero-order valence-electron chi connectivity index (χ0n) is 14.8. The molecule has 1 aliphatic rings. The van der Waals surface area contributed by atoms with Crippen LogP contribution in [-0.2, 0) is 11.8 Å². The topological polar surface area (TPSA) is 68.2 Å². The van der Waals surface area contributed by atoms with Gasteiger partial charge in [0.05, 0.1) is 18.3 Å². The number of urea groups is 1. The summed E-state index contributed by atoms with van der Waals surface area (Å²) < 4.78 is 7.22. The van der Waals surface area contributed by atoms with Crippen LogP contribution in [0, 0.1) is 5.92 Å². The highest BCUT2D eigenvalue weighted by atomic mass is 16.5. The Labute approximate surface area is 148 Å². The standard InChI is InChI=1S/C19H26N4O2/c1-14(17-11-20-23(2)12-17)21-19(24)22-18(10-15-8-9-25-13-15)16-6-4-3-5-7-16/h3-7,11-12,14-15,18H,8-10,13H2,1-2H3,(H2,21,22,24)/t14-,15-,18+/m0/s1. The number of rotatable bonds is 6. The van der Waals surface area contributed by atoms with Gasteiger partial charge < -0.3 is 15.4 Å². The first-order valence-electron chi connectivity index (χ1n) is 8.80. The number of amides is 2. The number of hydrogen-bond donors (Lipinski definition) is 2. The Bertz CT molecular complexity index is 680. The lowest BCUT2D eigenvalue weighted by Crippen LogP contribution is -2.39. The number of aromatic nitrogens is 2. The first-order chi connectivity index (χ1) is 12.1. The molecular weight excluding hydrogens is 316 g/mol. The van der Waals surface area contributed by atoms with Crippen molar-refractivity contribution in [1.29, 1.82) is 0 Å². The molecule has 2 amide bonds. The molecule has 134 valence electrons. The molecular formula is C19H26N4O2. The molecule has 3 atom stereocenters. The van der Waals surface area contributed by atoms with Gasteiger partial charge in [-0.15, -0.1) is 0 Å². The largest absolute Gasteiger partial charge is 0.381 e. The molecule has 0 saturated carbocycles. The minimum Gasteiger partial charge on any atom is -0.381 e.